The molecule has 0 saturated carbocycles. The number of hydrogen-bond donors (Lipinski definition) is 1. The zero-order chi connectivity index (χ0) is 10.8. The third-order valence-electron chi connectivity index (χ3n) is 2.91. The topological polar surface area (TPSA) is 38.7 Å². The third kappa shape index (κ3) is 2.94. The molecule has 0 bridgehead atoms. The highest BCUT2D eigenvalue weighted by Crippen LogP contribution is 2.31. The fourth-order valence-electron chi connectivity index (χ4n) is 1.74. The van der Waals surface area contributed by atoms with Crippen molar-refractivity contribution in [3.05, 3.63) is 0 Å². The summed E-state index contributed by atoms with van der Waals surface area (Å²) < 4.78 is 10.6. The molecule has 1 saturated heterocycles. The lowest BCUT2D eigenvalue weighted by atomic mass is 9.83. The molecule has 3 nitrogen and oxygen atoms in total. The van der Waals surface area contributed by atoms with Gasteiger partial charge in [-0.15, -0.1) is 0 Å². The Morgan fingerprint density at radius 3 is 2.64 bits per heavy atom. The van der Waals surface area contributed by atoms with Gasteiger partial charge < -0.3 is 14.6 Å². The summed E-state index contributed by atoms with van der Waals surface area (Å²) >= 11 is 0. The van der Waals surface area contributed by atoms with Gasteiger partial charge in [-0.25, -0.2) is 0 Å². The standard InChI is InChI=1S/C11H22O3/c1-11(2,3)9(12)7-8-5-6-14-10(8)13-4/h8-10,12H,5-7H2,1-4H3/t8-,9-,10+/m0/s1. The lowest BCUT2D eigenvalue weighted by Gasteiger charge is -2.29. The molecule has 1 aliphatic heterocycles. The molecule has 1 rings (SSSR count). The number of rotatable bonds is 3. The Morgan fingerprint density at radius 1 is 1.50 bits per heavy atom. The van der Waals surface area contributed by atoms with Crippen molar-refractivity contribution in [1.29, 1.82) is 0 Å². The molecule has 0 spiro atoms. The van der Waals surface area contributed by atoms with E-state index in [-0.39, 0.29) is 17.8 Å². The van der Waals surface area contributed by atoms with Gasteiger partial charge in [0.15, 0.2) is 6.29 Å². The minimum atomic E-state index is -0.285. The van der Waals surface area contributed by atoms with Gasteiger partial charge in [0.2, 0.25) is 0 Å². The normalized spacial score (nSPS) is 30.6. The van der Waals surface area contributed by atoms with E-state index in [1.54, 1.807) is 7.11 Å². The highest BCUT2D eigenvalue weighted by Gasteiger charge is 2.33. The second kappa shape index (κ2) is 4.60. The van der Waals surface area contributed by atoms with Crippen LogP contribution in [0.1, 0.15) is 33.6 Å². The molecule has 1 heterocycles. The molecule has 84 valence electrons. The predicted molar refractivity (Wildman–Crippen MR) is 54.9 cm³/mol. The Balaban J connectivity index is 2.43. The van der Waals surface area contributed by atoms with E-state index in [1.807, 2.05) is 0 Å². The molecule has 0 radical (unpaired) electrons. The summed E-state index contributed by atoms with van der Waals surface area (Å²) in [4.78, 5) is 0. The fourth-order valence-corrected chi connectivity index (χ4v) is 1.74. The summed E-state index contributed by atoms with van der Waals surface area (Å²) in [7, 11) is 1.66. The zero-order valence-electron chi connectivity index (χ0n) is 9.62. The number of aliphatic hydroxyl groups is 1. The summed E-state index contributed by atoms with van der Waals surface area (Å²) in [6, 6.07) is 0. The van der Waals surface area contributed by atoms with Crippen LogP contribution >= 0.6 is 0 Å². The van der Waals surface area contributed by atoms with Crippen LogP contribution in [0, 0.1) is 11.3 Å². The van der Waals surface area contributed by atoms with E-state index in [0.717, 1.165) is 19.4 Å². The van der Waals surface area contributed by atoms with Crippen LogP contribution < -0.4 is 0 Å². The summed E-state index contributed by atoms with van der Waals surface area (Å²) in [5.41, 5.74) is -0.0547. The first-order valence-electron chi connectivity index (χ1n) is 5.27. The fraction of sp³-hybridized carbons (Fsp3) is 1.00. The van der Waals surface area contributed by atoms with Crippen LogP contribution in [0.4, 0.5) is 0 Å². The molecule has 1 aliphatic rings. The smallest absolute Gasteiger partial charge is 0.160 e. The van der Waals surface area contributed by atoms with Gasteiger partial charge in [0.25, 0.3) is 0 Å². The Kier molecular flexibility index (Phi) is 3.93. The minimum absolute atomic E-state index is 0.0547. The molecular formula is C11H22O3. The maximum Gasteiger partial charge on any atom is 0.160 e. The van der Waals surface area contributed by atoms with E-state index in [1.165, 1.54) is 0 Å². The number of methoxy groups -OCH3 is 1. The second-order valence-electron chi connectivity index (χ2n) is 5.14. The molecule has 3 heteroatoms. The Hall–Kier alpha value is -0.120. The van der Waals surface area contributed by atoms with Crippen molar-refractivity contribution in [2.45, 2.75) is 46.0 Å². The third-order valence-corrected chi connectivity index (χ3v) is 2.91. The van der Waals surface area contributed by atoms with Crippen LogP contribution in [0.5, 0.6) is 0 Å². The maximum absolute atomic E-state index is 9.95. The Morgan fingerprint density at radius 2 is 2.14 bits per heavy atom. The van der Waals surface area contributed by atoms with E-state index in [9.17, 15) is 5.11 Å². The summed E-state index contributed by atoms with van der Waals surface area (Å²) in [6.07, 6.45) is 1.35. The lowest BCUT2D eigenvalue weighted by Crippen LogP contribution is -2.31. The summed E-state index contributed by atoms with van der Waals surface area (Å²) in [6.45, 7) is 6.90. The molecular weight excluding hydrogens is 180 g/mol. The van der Waals surface area contributed by atoms with Gasteiger partial charge in [-0.2, -0.15) is 0 Å². The average Bonchev–Trinajstić information content (AvgIpc) is 2.50. The van der Waals surface area contributed by atoms with Crippen LogP contribution in [0.25, 0.3) is 0 Å². The van der Waals surface area contributed by atoms with Crippen molar-refractivity contribution in [2.75, 3.05) is 13.7 Å². The number of ether oxygens (including phenoxy) is 2. The Bertz CT molecular complexity index is 174. The quantitative estimate of drug-likeness (QED) is 0.758. The molecule has 0 aromatic rings. The van der Waals surface area contributed by atoms with Crippen LogP contribution in [0.3, 0.4) is 0 Å². The van der Waals surface area contributed by atoms with Crippen molar-refractivity contribution in [2.24, 2.45) is 11.3 Å². The van der Waals surface area contributed by atoms with E-state index in [0.29, 0.717) is 5.92 Å². The molecule has 1 N–H and O–H groups in total. The molecule has 0 aromatic carbocycles. The second-order valence-corrected chi connectivity index (χ2v) is 5.14. The van der Waals surface area contributed by atoms with Crippen molar-refractivity contribution < 1.29 is 14.6 Å². The van der Waals surface area contributed by atoms with Gasteiger partial charge in [-0.1, -0.05) is 20.8 Å². The first kappa shape index (κ1) is 12.0. The van der Waals surface area contributed by atoms with Crippen molar-refractivity contribution in [3.8, 4) is 0 Å². The molecule has 0 amide bonds. The number of hydrogen-bond acceptors (Lipinski definition) is 3. The van der Waals surface area contributed by atoms with E-state index < -0.39 is 0 Å². The van der Waals surface area contributed by atoms with Crippen LogP contribution in [0.2, 0.25) is 0 Å². The maximum atomic E-state index is 9.95. The average molecular weight is 202 g/mol. The molecule has 0 aliphatic carbocycles. The molecule has 0 unspecified atom stereocenters. The highest BCUT2D eigenvalue weighted by molar-refractivity contribution is 4.79. The Labute approximate surface area is 86.4 Å². The summed E-state index contributed by atoms with van der Waals surface area (Å²) in [5, 5.41) is 9.95. The largest absolute Gasteiger partial charge is 0.393 e. The van der Waals surface area contributed by atoms with Gasteiger partial charge in [0.1, 0.15) is 0 Å². The number of aliphatic hydroxyl groups excluding tert-OH is 1. The monoisotopic (exact) mass is 202 g/mol. The highest BCUT2D eigenvalue weighted by atomic mass is 16.7. The predicted octanol–water partition coefficient (Wildman–Crippen LogP) is 1.79. The first-order chi connectivity index (χ1) is 6.45. The molecule has 1 fully saturated rings. The molecule has 0 aromatic heterocycles. The van der Waals surface area contributed by atoms with Gasteiger partial charge in [-0.05, 0) is 18.3 Å². The van der Waals surface area contributed by atoms with E-state index in [4.69, 9.17) is 9.47 Å². The van der Waals surface area contributed by atoms with Gasteiger partial charge in [0.05, 0.1) is 12.7 Å². The summed E-state index contributed by atoms with van der Waals surface area (Å²) in [5.74, 6) is 0.342. The van der Waals surface area contributed by atoms with E-state index in [2.05, 4.69) is 20.8 Å². The lowest BCUT2D eigenvalue weighted by molar-refractivity contribution is -0.119. The van der Waals surface area contributed by atoms with Gasteiger partial charge >= 0.3 is 0 Å². The van der Waals surface area contributed by atoms with Crippen molar-refractivity contribution in [1.82, 2.24) is 0 Å². The minimum Gasteiger partial charge on any atom is -0.393 e. The van der Waals surface area contributed by atoms with Crippen molar-refractivity contribution >= 4 is 0 Å². The molecule has 3 atom stereocenters. The molecule has 14 heavy (non-hydrogen) atoms. The zero-order valence-corrected chi connectivity index (χ0v) is 9.62. The van der Waals surface area contributed by atoms with Gasteiger partial charge in [0, 0.05) is 13.0 Å². The van der Waals surface area contributed by atoms with E-state index >= 15 is 0 Å². The van der Waals surface area contributed by atoms with Crippen LogP contribution in [-0.2, 0) is 9.47 Å². The van der Waals surface area contributed by atoms with Gasteiger partial charge in [-0.3, -0.25) is 0 Å². The SMILES string of the molecule is CO[C@@H]1OCC[C@H]1C[C@H](O)C(C)(C)C. The van der Waals surface area contributed by atoms with Crippen LogP contribution in [-0.4, -0.2) is 31.2 Å². The van der Waals surface area contributed by atoms with Crippen LogP contribution in [0.15, 0.2) is 0 Å². The van der Waals surface area contributed by atoms with Crippen molar-refractivity contribution in [3.63, 3.8) is 0 Å². The first-order valence-corrected chi connectivity index (χ1v) is 5.27.